The zero-order chi connectivity index (χ0) is 16.7. The summed E-state index contributed by atoms with van der Waals surface area (Å²) in [4.78, 5) is 12.0. The lowest BCUT2D eigenvalue weighted by Gasteiger charge is -2.06. The van der Waals surface area contributed by atoms with Gasteiger partial charge in [0.05, 0.1) is 12.8 Å². The van der Waals surface area contributed by atoms with Crippen LogP contribution < -0.4 is 10.2 Å². The van der Waals surface area contributed by atoms with Crippen LogP contribution in [0.25, 0.3) is 0 Å². The second kappa shape index (κ2) is 8.13. The smallest absolute Gasteiger partial charge is 0.271 e. The minimum absolute atomic E-state index is 0.220. The lowest BCUT2D eigenvalue weighted by molar-refractivity contribution is 0.0955. The normalized spacial score (nSPS) is 11.0. The van der Waals surface area contributed by atoms with E-state index in [1.807, 2.05) is 55.5 Å². The fourth-order valence-electron chi connectivity index (χ4n) is 2.07. The predicted octanol–water partition coefficient (Wildman–Crippen LogP) is 3.97. The molecule has 1 amide bonds. The number of nitrogens with one attached hydrogen (secondary N) is 1. The van der Waals surface area contributed by atoms with Crippen LogP contribution in [0.1, 0.15) is 48.2 Å². The number of hydrazone groups is 1. The van der Waals surface area contributed by atoms with Gasteiger partial charge >= 0.3 is 0 Å². The number of rotatable bonds is 6. The van der Waals surface area contributed by atoms with Crippen LogP contribution in [0.4, 0.5) is 0 Å². The van der Waals surface area contributed by atoms with Gasteiger partial charge in [0, 0.05) is 5.56 Å². The first-order valence-corrected chi connectivity index (χ1v) is 7.76. The Morgan fingerprint density at radius 3 is 2.35 bits per heavy atom. The molecule has 0 unspecified atom stereocenters. The number of ether oxygens (including phenoxy) is 1. The molecule has 0 saturated heterocycles. The summed E-state index contributed by atoms with van der Waals surface area (Å²) in [6.45, 7) is 6.82. The van der Waals surface area contributed by atoms with E-state index in [4.69, 9.17) is 4.74 Å². The van der Waals surface area contributed by atoms with Crippen molar-refractivity contribution >= 4 is 12.1 Å². The van der Waals surface area contributed by atoms with Crippen LogP contribution >= 0.6 is 0 Å². The monoisotopic (exact) mass is 310 g/mol. The molecule has 120 valence electrons. The van der Waals surface area contributed by atoms with Crippen LogP contribution in [0, 0.1) is 0 Å². The molecule has 0 aliphatic carbocycles. The van der Waals surface area contributed by atoms with Crippen molar-refractivity contribution in [2.75, 3.05) is 6.61 Å². The molecule has 0 saturated carbocycles. The summed E-state index contributed by atoms with van der Waals surface area (Å²) in [5.74, 6) is 1.05. The average molecular weight is 310 g/mol. The summed E-state index contributed by atoms with van der Waals surface area (Å²) in [7, 11) is 0. The van der Waals surface area contributed by atoms with Gasteiger partial charge in [-0.2, -0.15) is 5.10 Å². The Morgan fingerprint density at radius 1 is 1.13 bits per heavy atom. The highest BCUT2D eigenvalue weighted by Crippen LogP contribution is 2.14. The number of nitrogens with zero attached hydrogens (tertiary/aromatic N) is 1. The number of carbonyl (C=O) groups is 1. The fraction of sp³-hybridized carbons (Fsp3) is 0.263. The quantitative estimate of drug-likeness (QED) is 0.648. The van der Waals surface area contributed by atoms with Crippen molar-refractivity contribution in [3.63, 3.8) is 0 Å². The third-order valence-electron chi connectivity index (χ3n) is 3.41. The van der Waals surface area contributed by atoms with Crippen LogP contribution in [-0.4, -0.2) is 18.7 Å². The van der Waals surface area contributed by atoms with Gasteiger partial charge in [-0.05, 0) is 60.4 Å². The third kappa shape index (κ3) is 4.95. The summed E-state index contributed by atoms with van der Waals surface area (Å²) in [6, 6.07) is 15.1. The standard InChI is InChI=1S/C19H22N2O2/c1-4-23-18-11-5-15(6-12-18)13-20-21-19(22)17-9-7-16(8-10-17)14(2)3/h5-14H,4H2,1-3H3,(H,21,22). The number of benzene rings is 2. The topological polar surface area (TPSA) is 50.7 Å². The summed E-state index contributed by atoms with van der Waals surface area (Å²) in [5.41, 5.74) is 5.23. The Balaban J connectivity index is 1.92. The van der Waals surface area contributed by atoms with Crippen LogP contribution in [0.3, 0.4) is 0 Å². The molecule has 2 rings (SSSR count). The van der Waals surface area contributed by atoms with E-state index in [2.05, 4.69) is 24.4 Å². The number of amides is 1. The Hall–Kier alpha value is -2.62. The van der Waals surface area contributed by atoms with Gasteiger partial charge in [0.1, 0.15) is 5.75 Å². The van der Waals surface area contributed by atoms with E-state index >= 15 is 0 Å². The molecular formula is C19H22N2O2. The van der Waals surface area contributed by atoms with Gasteiger partial charge in [-0.1, -0.05) is 26.0 Å². The molecule has 0 bridgehead atoms. The molecule has 2 aromatic rings. The summed E-state index contributed by atoms with van der Waals surface area (Å²) >= 11 is 0. The van der Waals surface area contributed by atoms with E-state index in [1.54, 1.807) is 6.21 Å². The summed E-state index contributed by atoms with van der Waals surface area (Å²) in [6.07, 6.45) is 1.61. The molecule has 4 heteroatoms. The van der Waals surface area contributed by atoms with E-state index in [0.29, 0.717) is 18.1 Å². The maximum absolute atomic E-state index is 12.0. The van der Waals surface area contributed by atoms with Gasteiger partial charge in [-0.3, -0.25) is 4.79 Å². The van der Waals surface area contributed by atoms with Crippen LogP contribution in [0.15, 0.2) is 53.6 Å². The Labute approximate surface area is 137 Å². The van der Waals surface area contributed by atoms with Crippen LogP contribution in [0.5, 0.6) is 5.75 Å². The second-order valence-electron chi connectivity index (χ2n) is 5.48. The molecule has 0 atom stereocenters. The van der Waals surface area contributed by atoms with E-state index in [0.717, 1.165) is 11.3 Å². The Kier molecular flexibility index (Phi) is 5.92. The Morgan fingerprint density at radius 2 is 1.78 bits per heavy atom. The van der Waals surface area contributed by atoms with Crippen molar-refractivity contribution in [3.8, 4) is 5.75 Å². The zero-order valence-electron chi connectivity index (χ0n) is 13.7. The van der Waals surface area contributed by atoms with Crippen molar-refractivity contribution in [3.05, 3.63) is 65.2 Å². The molecule has 0 aromatic heterocycles. The number of hydrogen-bond donors (Lipinski definition) is 1. The van der Waals surface area contributed by atoms with Gasteiger partial charge in [0.25, 0.3) is 5.91 Å². The molecule has 0 radical (unpaired) electrons. The molecule has 0 spiro atoms. The van der Waals surface area contributed by atoms with E-state index in [1.165, 1.54) is 5.56 Å². The largest absolute Gasteiger partial charge is 0.494 e. The highest BCUT2D eigenvalue weighted by atomic mass is 16.5. The van der Waals surface area contributed by atoms with Gasteiger partial charge < -0.3 is 4.74 Å². The maximum atomic E-state index is 12.0. The van der Waals surface area contributed by atoms with E-state index in [-0.39, 0.29) is 5.91 Å². The highest BCUT2D eigenvalue weighted by Gasteiger charge is 2.05. The fourth-order valence-corrected chi connectivity index (χ4v) is 2.07. The first-order valence-electron chi connectivity index (χ1n) is 7.76. The molecule has 0 heterocycles. The number of carbonyl (C=O) groups excluding carboxylic acids is 1. The van der Waals surface area contributed by atoms with Crippen molar-refractivity contribution in [1.29, 1.82) is 0 Å². The van der Waals surface area contributed by atoms with Crippen LogP contribution in [-0.2, 0) is 0 Å². The zero-order valence-corrected chi connectivity index (χ0v) is 13.7. The molecule has 0 fully saturated rings. The second-order valence-corrected chi connectivity index (χ2v) is 5.48. The summed E-state index contributed by atoms with van der Waals surface area (Å²) < 4.78 is 5.37. The maximum Gasteiger partial charge on any atom is 0.271 e. The molecule has 2 aromatic carbocycles. The van der Waals surface area contributed by atoms with E-state index in [9.17, 15) is 4.79 Å². The lowest BCUT2D eigenvalue weighted by atomic mass is 10.0. The average Bonchev–Trinajstić information content (AvgIpc) is 2.56. The molecular weight excluding hydrogens is 288 g/mol. The minimum Gasteiger partial charge on any atom is -0.494 e. The molecule has 0 aliphatic heterocycles. The molecule has 23 heavy (non-hydrogen) atoms. The third-order valence-corrected chi connectivity index (χ3v) is 3.41. The van der Waals surface area contributed by atoms with Gasteiger partial charge in [-0.25, -0.2) is 5.43 Å². The van der Waals surface area contributed by atoms with Gasteiger partial charge in [0.2, 0.25) is 0 Å². The van der Waals surface area contributed by atoms with Crippen molar-refractivity contribution in [2.45, 2.75) is 26.7 Å². The SMILES string of the molecule is CCOc1ccc(C=NNC(=O)c2ccc(C(C)C)cc2)cc1. The molecule has 0 aliphatic rings. The van der Waals surface area contributed by atoms with Gasteiger partial charge in [0.15, 0.2) is 0 Å². The molecule has 4 nitrogen and oxygen atoms in total. The first kappa shape index (κ1) is 16.7. The first-order chi connectivity index (χ1) is 11.1. The lowest BCUT2D eigenvalue weighted by Crippen LogP contribution is -2.17. The summed E-state index contributed by atoms with van der Waals surface area (Å²) in [5, 5.41) is 3.99. The van der Waals surface area contributed by atoms with Gasteiger partial charge in [-0.15, -0.1) is 0 Å². The number of hydrogen-bond acceptors (Lipinski definition) is 3. The van der Waals surface area contributed by atoms with E-state index < -0.39 is 0 Å². The highest BCUT2D eigenvalue weighted by molar-refractivity contribution is 5.94. The predicted molar refractivity (Wildman–Crippen MR) is 93.2 cm³/mol. The van der Waals surface area contributed by atoms with Crippen molar-refractivity contribution in [2.24, 2.45) is 5.10 Å². The molecule has 1 N–H and O–H groups in total. The minimum atomic E-state index is -0.220. The van der Waals surface area contributed by atoms with Crippen LogP contribution in [0.2, 0.25) is 0 Å². The Bertz CT molecular complexity index is 659. The van der Waals surface area contributed by atoms with Crippen molar-refractivity contribution < 1.29 is 9.53 Å². The van der Waals surface area contributed by atoms with Crippen molar-refractivity contribution in [1.82, 2.24) is 5.43 Å².